The molecule has 6 nitrogen and oxygen atoms in total. The number of carbonyl (C=O) groups is 1. The minimum atomic E-state index is -0.520. The fourth-order valence-electron chi connectivity index (χ4n) is 3.10. The van der Waals surface area contributed by atoms with E-state index in [1.54, 1.807) is 24.5 Å². The van der Waals surface area contributed by atoms with Crippen molar-refractivity contribution in [2.75, 3.05) is 0 Å². The Hall–Kier alpha value is -2.67. The number of hydrogen-bond donors (Lipinski definition) is 1. The predicted octanol–water partition coefficient (Wildman–Crippen LogP) is 4.14. The first-order valence-corrected chi connectivity index (χ1v) is 10.2. The van der Waals surface area contributed by atoms with Crippen LogP contribution in [0.5, 0.6) is 0 Å². The van der Waals surface area contributed by atoms with E-state index in [1.807, 2.05) is 35.8 Å². The monoisotopic (exact) mass is 395 g/mol. The van der Waals surface area contributed by atoms with Crippen molar-refractivity contribution in [2.24, 2.45) is 0 Å². The molecular weight excluding hydrogens is 370 g/mol. The van der Waals surface area contributed by atoms with Gasteiger partial charge in [0.2, 0.25) is 5.91 Å². The van der Waals surface area contributed by atoms with E-state index in [9.17, 15) is 4.79 Å². The molecule has 146 valence electrons. The Morgan fingerprint density at radius 2 is 2.25 bits per heavy atom. The van der Waals surface area contributed by atoms with Crippen LogP contribution in [-0.2, 0) is 11.3 Å². The van der Waals surface area contributed by atoms with Crippen LogP contribution in [0.4, 0.5) is 0 Å². The van der Waals surface area contributed by atoms with Gasteiger partial charge in [-0.2, -0.15) is 0 Å². The lowest BCUT2D eigenvalue weighted by Gasteiger charge is -2.39. The highest BCUT2D eigenvalue weighted by Crippen LogP contribution is 2.48. The van der Waals surface area contributed by atoms with Crippen molar-refractivity contribution in [3.63, 3.8) is 0 Å². The Labute approximate surface area is 169 Å². The van der Waals surface area contributed by atoms with Crippen molar-refractivity contribution < 1.29 is 4.79 Å². The lowest BCUT2D eigenvalue weighted by atomic mass is 9.83. The molecule has 0 radical (unpaired) electrons. The van der Waals surface area contributed by atoms with Gasteiger partial charge in [-0.1, -0.05) is 30.5 Å². The van der Waals surface area contributed by atoms with Crippen molar-refractivity contribution in [3.8, 4) is 11.4 Å². The van der Waals surface area contributed by atoms with Gasteiger partial charge in [-0.25, -0.2) is 0 Å². The molecular formula is C21H25N5OS. The molecule has 7 heteroatoms. The molecule has 1 N–H and O–H groups in total. The van der Waals surface area contributed by atoms with Crippen LogP contribution >= 0.6 is 11.8 Å². The van der Waals surface area contributed by atoms with Crippen molar-refractivity contribution in [1.82, 2.24) is 25.1 Å². The molecule has 1 aliphatic carbocycles. The molecule has 1 saturated carbocycles. The third-order valence-electron chi connectivity index (χ3n) is 4.72. The number of pyridine rings is 1. The first-order valence-electron chi connectivity index (χ1n) is 9.43. The average molecular weight is 396 g/mol. The van der Waals surface area contributed by atoms with Crippen LogP contribution < -0.4 is 5.32 Å². The van der Waals surface area contributed by atoms with Gasteiger partial charge in [-0.15, -0.1) is 10.2 Å². The van der Waals surface area contributed by atoms with Gasteiger partial charge >= 0.3 is 0 Å². The molecule has 28 heavy (non-hydrogen) atoms. The second-order valence-corrected chi connectivity index (χ2v) is 7.90. The zero-order chi connectivity index (χ0) is 20.0. The van der Waals surface area contributed by atoms with E-state index in [0.29, 0.717) is 0 Å². The van der Waals surface area contributed by atoms with Crippen LogP contribution in [0.3, 0.4) is 0 Å². The smallest absolute Gasteiger partial charge is 0.241 e. The standard InChI is InChI=1S/C21H25N5OS/c1-4-9-17(10-5-2)23-19(27)21(12-8-13-21)28-20-25-24-18(26(20)6-3)16-11-7-14-22-15-16/h4-5,7,9-11,14-15H,1,6,8,12-13H2,2-3H3,(H,23,27)/b10-5-,17-9+. The maximum Gasteiger partial charge on any atom is 0.241 e. The van der Waals surface area contributed by atoms with Gasteiger partial charge in [0.15, 0.2) is 11.0 Å². The number of nitrogens with one attached hydrogen (secondary N) is 1. The first-order chi connectivity index (χ1) is 13.6. The van der Waals surface area contributed by atoms with Crippen LogP contribution in [0.1, 0.15) is 33.1 Å². The molecule has 3 rings (SSSR count). The lowest BCUT2D eigenvalue weighted by molar-refractivity contribution is -0.124. The molecule has 1 aliphatic rings. The Morgan fingerprint density at radius 1 is 1.43 bits per heavy atom. The number of thioether (sulfide) groups is 1. The quantitative estimate of drug-likeness (QED) is 0.680. The fourth-order valence-corrected chi connectivity index (χ4v) is 4.49. The van der Waals surface area contributed by atoms with Crippen molar-refractivity contribution >= 4 is 17.7 Å². The maximum absolute atomic E-state index is 13.1. The van der Waals surface area contributed by atoms with Gasteiger partial charge in [0, 0.05) is 30.2 Å². The summed E-state index contributed by atoms with van der Waals surface area (Å²) in [6.45, 7) is 8.41. The third-order valence-corrected chi connectivity index (χ3v) is 6.18. The number of hydrogen-bond acceptors (Lipinski definition) is 5. The van der Waals surface area contributed by atoms with Crippen LogP contribution in [0, 0.1) is 0 Å². The van der Waals surface area contributed by atoms with E-state index in [2.05, 4.69) is 34.0 Å². The molecule has 0 atom stereocenters. The summed E-state index contributed by atoms with van der Waals surface area (Å²) < 4.78 is 1.52. The Balaban J connectivity index is 1.85. The summed E-state index contributed by atoms with van der Waals surface area (Å²) in [4.78, 5) is 17.3. The zero-order valence-corrected chi connectivity index (χ0v) is 17.1. The van der Waals surface area contributed by atoms with Gasteiger partial charge in [0.25, 0.3) is 0 Å². The molecule has 0 unspecified atom stereocenters. The zero-order valence-electron chi connectivity index (χ0n) is 16.3. The minimum absolute atomic E-state index is 0.00327. The van der Waals surface area contributed by atoms with Gasteiger partial charge in [0.05, 0.1) is 0 Å². The van der Waals surface area contributed by atoms with Crippen LogP contribution in [0.25, 0.3) is 11.4 Å². The Kier molecular flexibility index (Phi) is 6.46. The van der Waals surface area contributed by atoms with Crippen molar-refractivity contribution in [1.29, 1.82) is 0 Å². The summed E-state index contributed by atoms with van der Waals surface area (Å²) in [6.07, 6.45) is 13.4. The average Bonchev–Trinajstić information content (AvgIpc) is 3.08. The molecule has 2 aromatic heterocycles. The van der Waals surface area contributed by atoms with Crippen LogP contribution in [0.2, 0.25) is 0 Å². The van der Waals surface area contributed by atoms with E-state index in [-0.39, 0.29) is 5.91 Å². The number of allylic oxidation sites excluding steroid dienone is 4. The second kappa shape index (κ2) is 9.01. The van der Waals surface area contributed by atoms with Gasteiger partial charge in [0.1, 0.15) is 4.75 Å². The molecule has 0 bridgehead atoms. The minimum Gasteiger partial charge on any atom is -0.325 e. The SMILES string of the molecule is C=C/C=C(\C=C/C)NC(=O)C1(Sc2nnc(-c3cccnc3)n2CC)CCC1. The van der Waals surface area contributed by atoms with Crippen LogP contribution in [-0.4, -0.2) is 30.4 Å². The molecule has 0 saturated heterocycles. The highest BCUT2D eigenvalue weighted by Gasteiger charge is 2.46. The highest BCUT2D eigenvalue weighted by atomic mass is 32.2. The van der Waals surface area contributed by atoms with Gasteiger partial charge in [-0.3, -0.25) is 9.78 Å². The summed E-state index contributed by atoms with van der Waals surface area (Å²) in [5, 5.41) is 12.5. The molecule has 1 amide bonds. The molecule has 0 spiro atoms. The predicted molar refractivity (Wildman–Crippen MR) is 113 cm³/mol. The number of rotatable bonds is 8. The number of amides is 1. The molecule has 2 heterocycles. The molecule has 1 fully saturated rings. The summed E-state index contributed by atoms with van der Waals surface area (Å²) in [5.41, 5.74) is 1.66. The van der Waals surface area contributed by atoms with E-state index in [4.69, 9.17) is 0 Å². The number of nitrogens with zero attached hydrogens (tertiary/aromatic N) is 4. The van der Waals surface area contributed by atoms with Gasteiger partial charge < -0.3 is 9.88 Å². The molecule has 0 aromatic carbocycles. The van der Waals surface area contributed by atoms with E-state index in [1.165, 1.54) is 11.8 Å². The van der Waals surface area contributed by atoms with E-state index >= 15 is 0 Å². The summed E-state index contributed by atoms with van der Waals surface area (Å²) >= 11 is 1.51. The van der Waals surface area contributed by atoms with Crippen molar-refractivity contribution in [3.05, 3.63) is 61.1 Å². The summed E-state index contributed by atoms with van der Waals surface area (Å²) in [6, 6.07) is 3.85. The molecule has 0 aliphatic heterocycles. The summed E-state index contributed by atoms with van der Waals surface area (Å²) in [7, 11) is 0. The molecule has 2 aromatic rings. The van der Waals surface area contributed by atoms with Gasteiger partial charge in [-0.05, 0) is 57.4 Å². The summed E-state index contributed by atoms with van der Waals surface area (Å²) in [5.74, 6) is 0.776. The largest absolute Gasteiger partial charge is 0.325 e. The lowest BCUT2D eigenvalue weighted by Crippen LogP contribution is -2.48. The van der Waals surface area contributed by atoms with E-state index < -0.39 is 4.75 Å². The fraction of sp³-hybridized carbons (Fsp3) is 0.333. The van der Waals surface area contributed by atoms with Crippen LogP contribution in [0.15, 0.2) is 66.3 Å². The first kappa shape index (κ1) is 20.1. The topological polar surface area (TPSA) is 72.7 Å². The number of aromatic nitrogens is 4. The highest BCUT2D eigenvalue weighted by molar-refractivity contribution is 8.01. The van der Waals surface area contributed by atoms with Crippen molar-refractivity contribution in [2.45, 2.75) is 49.6 Å². The second-order valence-electron chi connectivity index (χ2n) is 6.55. The maximum atomic E-state index is 13.1. The Bertz CT molecular complexity index is 897. The van der Waals surface area contributed by atoms with E-state index in [0.717, 1.165) is 48.0 Å². The number of carbonyl (C=O) groups excluding carboxylic acids is 1. The third kappa shape index (κ3) is 4.09. The Morgan fingerprint density at radius 3 is 2.82 bits per heavy atom. The normalized spacial score (nSPS) is 16.0.